The second kappa shape index (κ2) is 7.07. The van der Waals surface area contributed by atoms with Gasteiger partial charge in [0.25, 0.3) is 5.91 Å². The first-order valence-electron chi connectivity index (χ1n) is 8.61. The van der Waals surface area contributed by atoms with Gasteiger partial charge < -0.3 is 10.2 Å². The Kier molecular flexibility index (Phi) is 4.86. The van der Waals surface area contributed by atoms with Crippen molar-refractivity contribution in [2.24, 2.45) is 0 Å². The zero-order valence-electron chi connectivity index (χ0n) is 14.7. The average Bonchev–Trinajstić information content (AvgIpc) is 2.88. The summed E-state index contributed by atoms with van der Waals surface area (Å²) in [5, 5.41) is 2.93. The van der Waals surface area contributed by atoms with Gasteiger partial charge in [-0.1, -0.05) is 67.6 Å². The van der Waals surface area contributed by atoms with E-state index >= 15 is 0 Å². The highest BCUT2D eigenvalue weighted by Crippen LogP contribution is 2.31. The lowest BCUT2D eigenvalue weighted by atomic mass is 9.87. The van der Waals surface area contributed by atoms with Crippen molar-refractivity contribution < 1.29 is 14.5 Å². The van der Waals surface area contributed by atoms with E-state index < -0.39 is 5.54 Å². The summed E-state index contributed by atoms with van der Waals surface area (Å²) in [6.07, 6.45) is 0.524. The highest BCUT2D eigenvalue weighted by atomic mass is 16.2. The molecule has 3 amide bonds. The van der Waals surface area contributed by atoms with Crippen molar-refractivity contribution in [1.82, 2.24) is 10.2 Å². The number of nitrogens with one attached hydrogen (secondary N) is 2. The number of amides is 3. The van der Waals surface area contributed by atoms with Crippen LogP contribution in [0.3, 0.4) is 0 Å². The smallest absolute Gasteiger partial charge is 0.319 e. The Morgan fingerprint density at radius 3 is 2.20 bits per heavy atom. The van der Waals surface area contributed by atoms with Crippen LogP contribution < -0.4 is 10.2 Å². The molecule has 0 bridgehead atoms. The van der Waals surface area contributed by atoms with E-state index in [4.69, 9.17) is 0 Å². The molecule has 1 fully saturated rings. The minimum absolute atomic E-state index is 0.168. The van der Waals surface area contributed by atoms with Crippen LogP contribution >= 0.6 is 0 Å². The fraction of sp³-hybridized carbons (Fsp3) is 0.300. The number of carbonyl (C=O) groups excluding carboxylic acids is 2. The summed E-state index contributed by atoms with van der Waals surface area (Å²) in [5.74, 6) is -0.168. The monoisotopic (exact) mass is 338 g/mol. The predicted octanol–water partition coefficient (Wildman–Crippen LogP) is 1.52. The minimum Gasteiger partial charge on any atom is -0.319 e. The summed E-state index contributed by atoms with van der Waals surface area (Å²) in [7, 11) is 1.99. The summed E-state index contributed by atoms with van der Waals surface area (Å²) in [5.41, 5.74) is 1.06. The molecule has 2 atom stereocenters. The molecule has 1 aliphatic rings. The Labute approximate surface area is 148 Å². The zero-order valence-corrected chi connectivity index (χ0v) is 14.7. The molecule has 0 aromatic heterocycles. The molecule has 0 saturated carbocycles. The zero-order chi connectivity index (χ0) is 17.9. The quantitative estimate of drug-likeness (QED) is 0.785. The summed E-state index contributed by atoms with van der Waals surface area (Å²) >= 11 is 0. The number of carbonyl (C=O) groups is 2. The maximum Gasteiger partial charge on any atom is 0.329 e. The molecule has 0 spiro atoms. The van der Waals surface area contributed by atoms with Gasteiger partial charge in [-0.15, -0.1) is 0 Å². The van der Waals surface area contributed by atoms with Crippen LogP contribution in [0.5, 0.6) is 0 Å². The third kappa shape index (κ3) is 3.28. The average molecular weight is 338 g/mol. The summed E-state index contributed by atoms with van der Waals surface area (Å²) in [4.78, 5) is 28.0. The van der Waals surface area contributed by atoms with Gasteiger partial charge in [-0.25, -0.2) is 9.69 Å². The number of hydrogen-bond donors (Lipinski definition) is 2. The fourth-order valence-corrected chi connectivity index (χ4v) is 3.40. The first-order valence-corrected chi connectivity index (χ1v) is 8.61. The van der Waals surface area contributed by atoms with Gasteiger partial charge in [-0.05, 0) is 12.0 Å². The SMILES string of the molecule is CC[C@]1(c2ccccc2)NC(=O)N(C[NH+](C)Cc2ccccc2)C1=O. The Bertz CT molecular complexity index is 748. The molecule has 0 aliphatic carbocycles. The lowest BCUT2D eigenvalue weighted by molar-refractivity contribution is -0.901. The first kappa shape index (κ1) is 17.2. The summed E-state index contributed by atoms with van der Waals surface area (Å²) in [6.45, 7) is 3.02. The molecule has 1 heterocycles. The van der Waals surface area contributed by atoms with Gasteiger partial charge in [0.1, 0.15) is 12.1 Å². The Morgan fingerprint density at radius 2 is 1.60 bits per heavy atom. The molecule has 2 aromatic carbocycles. The Hall–Kier alpha value is -2.66. The van der Waals surface area contributed by atoms with Gasteiger partial charge >= 0.3 is 6.03 Å². The highest BCUT2D eigenvalue weighted by Gasteiger charge is 2.52. The predicted molar refractivity (Wildman–Crippen MR) is 95.7 cm³/mol. The molecule has 0 radical (unpaired) electrons. The van der Waals surface area contributed by atoms with Crippen molar-refractivity contribution in [2.75, 3.05) is 13.7 Å². The van der Waals surface area contributed by atoms with Crippen molar-refractivity contribution in [1.29, 1.82) is 0 Å². The van der Waals surface area contributed by atoms with E-state index in [1.165, 1.54) is 10.5 Å². The van der Waals surface area contributed by atoms with E-state index in [0.717, 1.165) is 17.0 Å². The van der Waals surface area contributed by atoms with Crippen molar-refractivity contribution in [2.45, 2.75) is 25.4 Å². The third-order valence-corrected chi connectivity index (χ3v) is 4.75. The van der Waals surface area contributed by atoms with Gasteiger partial charge in [-0.2, -0.15) is 0 Å². The molecule has 25 heavy (non-hydrogen) atoms. The molecule has 2 aromatic rings. The van der Waals surface area contributed by atoms with E-state index in [-0.39, 0.29) is 11.9 Å². The molecule has 3 rings (SSSR count). The van der Waals surface area contributed by atoms with Crippen molar-refractivity contribution >= 4 is 11.9 Å². The second-order valence-corrected chi connectivity index (χ2v) is 6.57. The van der Waals surface area contributed by atoms with Crippen LogP contribution in [0, 0.1) is 0 Å². The molecule has 130 valence electrons. The van der Waals surface area contributed by atoms with Gasteiger partial charge in [0, 0.05) is 5.56 Å². The minimum atomic E-state index is -0.953. The van der Waals surface area contributed by atoms with Gasteiger partial charge in [-0.3, -0.25) is 4.79 Å². The lowest BCUT2D eigenvalue weighted by Crippen LogP contribution is -3.09. The van der Waals surface area contributed by atoms with E-state index in [9.17, 15) is 9.59 Å². The molecule has 5 heteroatoms. The number of quaternary nitrogens is 1. The molecule has 2 N–H and O–H groups in total. The molecule has 1 saturated heterocycles. The third-order valence-electron chi connectivity index (χ3n) is 4.75. The van der Waals surface area contributed by atoms with Crippen molar-refractivity contribution in [3.05, 3.63) is 71.8 Å². The van der Waals surface area contributed by atoms with Gasteiger partial charge in [0.05, 0.1) is 7.05 Å². The number of hydrogen-bond acceptors (Lipinski definition) is 2. The first-order chi connectivity index (χ1) is 12.1. The van der Waals surface area contributed by atoms with Crippen LogP contribution in [0.4, 0.5) is 4.79 Å². The summed E-state index contributed by atoms with van der Waals surface area (Å²) < 4.78 is 0. The summed E-state index contributed by atoms with van der Waals surface area (Å²) in [6, 6.07) is 19.2. The van der Waals surface area contributed by atoms with E-state index in [2.05, 4.69) is 17.4 Å². The Balaban J connectivity index is 1.77. The number of imide groups is 1. The van der Waals surface area contributed by atoms with E-state index in [1.807, 2.05) is 62.5 Å². The number of urea groups is 1. The topological polar surface area (TPSA) is 53.9 Å². The van der Waals surface area contributed by atoms with Crippen molar-refractivity contribution in [3.8, 4) is 0 Å². The Morgan fingerprint density at radius 1 is 1.00 bits per heavy atom. The molecular formula is C20H24N3O2+. The van der Waals surface area contributed by atoms with Crippen LogP contribution in [0.1, 0.15) is 24.5 Å². The fourth-order valence-electron chi connectivity index (χ4n) is 3.40. The molecular weight excluding hydrogens is 314 g/mol. The largest absolute Gasteiger partial charge is 0.329 e. The van der Waals surface area contributed by atoms with E-state index in [0.29, 0.717) is 13.1 Å². The molecule has 1 aliphatic heterocycles. The van der Waals surface area contributed by atoms with Gasteiger partial charge in [0.2, 0.25) is 0 Å². The van der Waals surface area contributed by atoms with Crippen LogP contribution in [0.15, 0.2) is 60.7 Å². The van der Waals surface area contributed by atoms with Crippen LogP contribution in [-0.2, 0) is 16.9 Å². The van der Waals surface area contributed by atoms with Crippen LogP contribution in [-0.4, -0.2) is 30.6 Å². The number of nitrogens with zero attached hydrogens (tertiary/aromatic N) is 1. The number of rotatable bonds is 6. The standard InChI is InChI=1S/C20H23N3O2/c1-3-20(17-12-8-5-9-13-17)18(24)23(19(25)21-20)15-22(2)14-16-10-6-4-7-11-16/h4-13H,3,14-15H2,1-2H3,(H,21,25)/p+1/t20-/m1/s1. The highest BCUT2D eigenvalue weighted by molar-refractivity contribution is 6.07. The maximum atomic E-state index is 13.1. The van der Waals surface area contributed by atoms with Gasteiger partial charge in [0.15, 0.2) is 6.67 Å². The lowest BCUT2D eigenvalue weighted by Gasteiger charge is -2.26. The van der Waals surface area contributed by atoms with Crippen molar-refractivity contribution in [3.63, 3.8) is 0 Å². The molecule has 5 nitrogen and oxygen atoms in total. The number of benzene rings is 2. The normalized spacial score (nSPS) is 21.3. The van der Waals surface area contributed by atoms with Crippen LogP contribution in [0.25, 0.3) is 0 Å². The van der Waals surface area contributed by atoms with Crippen LogP contribution in [0.2, 0.25) is 0 Å². The second-order valence-electron chi connectivity index (χ2n) is 6.57. The molecule has 1 unspecified atom stereocenters. The maximum absolute atomic E-state index is 13.1. The van der Waals surface area contributed by atoms with E-state index in [1.54, 1.807) is 0 Å².